The number of halogens is 1. The molecule has 2 heterocycles. The van der Waals surface area contributed by atoms with E-state index in [0.29, 0.717) is 5.75 Å². The van der Waals surface area contributed by atoms with Gasteiger partial charge in [0.2, 0.25) is 11.8 Å². The van der Waals surface area contributed by atoms with Gasteiger partial charge in [0.15, 0.2) is 0 Å². The average Bonchev–Trinajstić information content (AvgIpc) is 2.96. The number of rotatable bonds is 7. The smallest absolute Gasteiger partial charge is 0.334 e. The molecule has 2 aliphatic rings. The number of aromatic hydroxyl groups is 1. The van der Waals surface area contributed by atoms with E-state index >= 15 is 0 Å². The number of phenols is 1. The van der Waals surface area contributed by atoms with E-state index in [2.05, 4.69) is 5.32 Å². The van der Waals surface area contributed by atoms with E-state index in [4.69, 9.17) is 4.74 Å². The molecular formula is C30H32FN5O5. The van der Waals surface area contributed by atoms with Crippen LogP contribution >= 0.6 is 0 Å². The normalized spacial score (nSPS) is 19.2. The number of likely N-dealkylation sites (N-methyl/N-ethyl adjacent to an activating group) is 1. The zero-order valence-electron chi connectivity index (χ0n) is 22.9. The molecular weight excluding hydrogens is 529 g/mol. The lowest BCUT2D eigenvalue weighted by atomic mass is 9.98. The lowest BCUT2D eigenvalue weighted by Gasteiger charge is -2.54. The molecule has 5 rings (SSSR count). The third-order valence-electron chi connectivity index (χ3n) is 7.40. The van der Waals surface area contributed by atoms with Crippen LogP contribution in [0.3, 0.4) is 0 Å². The van der Waals surface area contributed by atoms with E-state index in [1.54, 1.807) is 48.3 Å². The Morgan fingerprint density at radius 1 is 0.976 bits per heavy atom. The number of hydrazine groups is 1. The van der Waals surface area contributed by atoms with Gasteiger partial charge in [-0.2, -0.15) is 0 Å². The highest BCUT2D eigenvalue weighted by molar-refractivity contribution is 5.91. The summed E-state index contributed by atoms with van der Waals surface area (Å²) in [4.78, 5) is 44.0. The Morgan fingerprint density at radius 3 is 2.27 bits per heavy atom. The summed E-state index contributed by atoms with van der Waals surface area (Å²) >= 11 is 0. The summed E-state index contributed by atoms with van der Waals surface area (Å²) in [6.45, 7) is 0.440. The SMILES string of the molecule is COc1ccc(CNC(=O)N2[C@H]3CN(Cc4ccc(F)cc4)C(=O)[C@H](Cc4ccc(O)cc4)N3C(=O)CN2C)cc1. The quantitative estimate of drug-likeness (QED) is 0.460. The van der Waals surface area contributed by atoms with E-state index < -0.39 is 18.2 Å². The molecule has 0 radical (unpaired) electrons. The van der Waals surface area contributed by atoms with Gasteiger partial charge in [0.25, 0.3) is 0 Å². The minimum absolute atomic E-state index is 0.0777. The van der Waals surface area contributed by atoms with Crippen molar-refractivity contribution in [2.24, 2.45) is 0 Å². The van der Waals surface area contributed by atoms with Crippen molar-refractivity contribution < 1.29 is 28.6 Å². The third-order valence-corrected chi connectivity index (χ3v) is 7.40. The number of methoxy groups -OCH3 is 1. The van der Waals surface area contributed by atoms with Crippen molar-refractivity contribution in [2.45, 2.75) is 31.7 Å². The molecule has 0 spiro atoms. The summed E-state index contributed by atoms with van der Waals surface area (Å²) in [7, 11) is 3.25. The molecule has 3 aromatic rings. The molecule has 2 atom stereocenters. The van der Waals surface area contributed by atoms with Gasteiger partial charge < -0.3 is 25.0 Å². The predicted molar refractivity (Wildman–Crippen MR) is 148 cm³/mol. The summed E-state index contributed by atoms with van der Waals surface area (Å²) in [6.07, 6.45) is -0.566. The van der Waals surface area contributed by atoms with E-state index in [0.717, 1.165) is 16.7 Å². The Labute approximate surface area is 237 Å². The molecule has 11 heteroatoms. The number of carbonyl (C=O) groups is 3. The van der Waals surface area contributed by atoms with Gasteiger partial charge in [0.05, 0.1) is 20.2 Å². The van der Waals surface area contributed by atoms with Crippen LogP contribution in [0.15, 0.2) is 72.8 Å². The summed E-state index contributed by atoms with van der Waals surface area (Å²) in [5.74, 6) is -0.118. The average molecular weight is 562 g/mol. The topological polar surface area (TPSA) is 106 Å². The van der Waals surface area contributed by atoms with Crippen molar-refractivity contribution >= 4 is 17.8 Å². The van der Waals surface area contributed by atoms with E-state index in [9.17, 15) is 23.9 Å². The van der Waals surface area contributed by atoms with E-state index in [1.165, 1.54) is 34.2 Å². The third kappa shape index (κ3) is 6.09. The number of nitrogens with zero attached hydrogens (tertiary/aromatic N) is 4. The molecule has 3 aromatic carbocycles. The molecule has 41 heavy (non-hydrogen) atoms. The van der Waals surface area contributed by atoms with Crippen LogP contribution in [0, 0.1) is 5.82 Å². The van der Waals surface area contributed by atoms with Gasteiger partial charge in [-0.15, -0.1) is 0 Å². The van der Waals surface area contributed by atoms with Gasteiger partial charge in [-0.05, 0) is 53.1 Å². The molecule has 2 N–H and O–H groups in total. The first-order chi connectivity index (χ1) is 19.7. The van der Waals surface area contributed by atoms with Gasteiger partial charge in [-0.3, -0.25) is 9.59 Å². The van der Waals surface area contributed by atoms with Crippen LogP contribution in [0.25, 0.3) is 0 Å². The minimum Gasteiger partial charge on any atom is -0.508 e. The van der Waals surface area contributed by atoms with Gasteiger partial charge in [0, 0.05) is 26.6 Å². The van der Waals surface area contributed by atoms with Crippen LogP contribution in [-0.2, 0) is 29.1 Å². The molecule has 0 aromatic heterocycles. The number of amides is 4. The van der Waals surface area contributed by atoms with Crippen molar-refractivity contribution in [3.05, 3.63) is 95.3 Å². The van der Waals surface area contributed by atoms with Gasteiger partial charge in [-0.1, -0.05) is 36.4 Å². The van der Waals surface area contributed by atoms with Crippen molar-refractivity contribution in [3.8, 4) is 11.5 Å². The fraction of sp³-hybridized carbons (Fsp3) is 0.300. The predicted octanol–water partition coefficient (Wildman–Crippen LogP) is 2.72. The van der Waals surface area contributed by atoms with Crippen LogP contribution in [0.1, 0.15) is 16.7 Å². The van der Waals surface area contributed by atoms with E-state index in [-0.39, 0.29) is 56.0 Å². The molecule has 10 nitrogen and oxygen atoms in total. The number of nitrogens with one attached hydrogen (secondary N) is 1. The molecule has 214 valence electrons. The molecule has 0 aliphatic carbocycles. The first-order valence-electron chi connectivity index (χ1n) is 13.3. The second-order valence-corrected chi connectivity index (χ2v) is 10.2. The number of phenolic OH excluding ortho intramolecular Hbond substituents is 1. The fourth-order valence-electron chi connectivity index (χ4n) is 5.31. The first-order valence-corrected chi connectivity index (χ1v) is 13.3. The number of piperazine rings is 1. The van der Waals surface area contributed by atoms with Crippen molar-refractivity contribution in [2.75, 3.05) is 27.2 Å². The Kier molecular flexibility index (Phi) is 8.06. The maximum absolute atomic E-state index is 13.9. The molecule has 2 fully saturated rings. The van der Waals surface area contributed by atoms with Crippen LogP contribution in [0.5, 0.6) is 11.5 Å². The number of urea groups is 1. The number of benzene rings is 3. The van der Waals surface area contributed by atoms with Gasteiger partial charge >= 0.3 is 6.03 Å². The van der Waals surface area contributed by atoms with Crippen LogP contribution in [0.4, 0.5) is 9.18 Å². The number of fused-ring (bicyclic) bond motifs is 1. The monoisotopic (exact) mass is 561 g/mol. The Hall–Kier alpha value is -4.64. The van der Waals surface area contributed by atoms with E-state index in [1.807, 2.05) is 24.3 Å². The summed E-state index contributed by atoms with van der Waals surface area (Å²) in [5.41, 5.74) is 2.35. The number of carbonyl (C=O) groups excluding carboxylic acids is 3. The highest BCUT2D eigenvalue weighted by Gasteiger charge is 2.50. The number of hydrogen-bond donors (Lipinski definition) is 2. The fourth-order valence-corrected chi connectivity index (χ4v) is 5.31. The first kappa shape index (κ1) is 27.9. The summed E-state index contributed by atoms with van der Waals surface area (Å²) in [6, 6.07) is 18.4. The maximum atomic E-state index is 13.9. The Bertz CT molecular complexity index is 1400. The second kappa shape index (κ2) is 11.8. The molecule has 4 amide bonds. The lowest BCUT2D eigenvalue weighted by molar-refractivity contribution is -0.187. The summed E-state index contributed by atoms with van der Waals surface area (Å²) in [5, 5.41) is 15.7. The van der Waals surface area contributed by atoms with Crippen LogP contribution in [-0.4, -0.2) is 82.2 Å². The zero-order valence-corrected chi connectivity index (χ0v) is 22.9. The number of ether oxygens (including phenoxy) is 1. The maximum Gasteiger partial charge on any atom is 0.334 e. The van der Waals surface area contributed by atoms with Crippen molar-refractivity contribution in [1.29, 1.82) is 0 Å². The Morgan fingerprint density at radius 2 is 1.61 bits per heavy atom. The molecule has 0 saturated carbocycles. The van der Waals surface area contributed by atoms with Crippen LogP contribution < -0.4 is 10.1 Å². The molecule has 0 unspecified atom stereocenters. The highest BCUT2D eigenvalue weighted by atomic mass is 19.1. The number of hydrogen-bond acceptors (Lipinski definition) is 6. The summed E-state index contributed by atoms with van der Waals surface area (Å²) < 4.78 is 18.7. The Balaban J connectivity index is 1.43. The van der Waals surface area contributed by atoms with Gasteiger partial charge in [0.1, 0.15) is 29.5 Å². The zero-order chi connectivity index (χ0) is 29.1. The highest BCUT2D eigenvalue weighted by Crippen LogP contribution is 2.29. The largest absolute Gasteiger partial charge is 0.508 e. The van der Waals surface area contributed by atoms with Crippen molar-refractivity contribution in [3.63, 3.8) is 0 Å². The van der Waals surface area contributed by atoms with Crippen LogP contribution in [0.2, 0.25) is 0 Å². The molecule has 0 bridgehead atoms. The standard InChI is InChI=1S/C30H32FN5O5/c1-33-19-28(38)35-26(15-20-5-11-24(37)12-6-20)29(39)34(17-22-3-9-23(31)10-4-22)18-27(35)36(33)30(40)32-16-21-7-13-25(41-2)14-8-21/h3-14,26-27,37H,15-19H2,1-2H3,(H,32,40)/t26-,27-/m0/s1. The van der Waals surface area contributed by atoms with Crippen molar-refractivity contribution in [1.82, 2.24) is 25.1 Å². The minimum atomic E-state index is -0.878. The second-order valence-electron chi connectivity index (χ2n) is 10.2. The lowest BCUT2D eigenvalue weighted by Crippen LogP contribution is -2.76. The van der Waals surface area contributed by atoms with Gasteiger partial charge in [-0.25, -0.2) is 19.2 Å². The molecule has 2 saturated heterocycles. The molecule has 2 aliphatic heterocycles.